The number of halogens is 1. The number of pyridine rings is 1. The van der Waals surface area contributed by atoms with Gasteiger partial charge in [0, 0.05) is 25.0 Å². The van der Waals surface area contributed by atoms with E-state index < -0.39 is 0 Å². The summed E-state index contributed by atoms with van der Waals surface area (Å²) < 4.78 is 13.9. The van der Waals surface area contributed by atoms with Gasteiger partial charge in [-0.05, 0) is 34.9 Å². The normalized spacial score (nSPS) is 14.1. The number of benzene rings is 2. The molecule has 2 aromatic carbocycles. The highest BCUT2D eigenvalue weighted by molar-refractivity contribution is 5.82. The number of hydrogen-bond acceptors (Lipinski definition) is 2. The van der Waals surface area contributed by atoms with Crippen molar-refractivity contribution in [2.24, 2.45) is 0 Å². The van der Waals surface area contributed by atoms with Crippen molar-refractivity contribution in [2.45, 2.75) is 19.6 Å². The van der Waals surface area contributed by atoms with E-state index in [4.69, 9.17) is 0 Å². The number of aromatic nitrogens is 1. The lowest BCUT2D eigenvalue weighted by molar-refractivity contribution is 0.272. The van der Waals surface area contributed by atoms with Crippen molar-refractivity contribution in [1.82, 2.24) is 9.88 Å². The predicted octanol–water partition coefficient (Wildman–Crippen LogP) is 4.53. The number of rotatable bonds is 3. The molecule has 0 N–H and O–H groups in total. The molecule has 0 unspecified atom stereocenters. The Morgan fingerprint density at radius 3 is 2.52 bits per heavy atom. The van der Waals surface area contributed by atoms with Crippen LogP contribution in [0.25, 0.3) is 17.0 Å². The zero-order chi connectivity index (χ0) is 15.8. The van der Waals surface area contributed by atoms with Gasteiger partial charge in [0.05, 0.1) is 11.2 Å². The van der Waals surface area contributed by atoms with E-state index in [1.807, 2.05) is 12.1 Å². The molecule has 0 saturated carbocycles. The van der Waals surface area contributed by atoms with Crippen molar-refractivity contribution in [3.8, 4) is 0 Å². The minimum Gasteiger partial charge on any atom is -0.289 e. The first kappa shape index (κ1) is 14.1. The predicted molar refractivity (Wildman–Crippen MR) is 91.2 cm³/mol. The van der Waals surface area contributed by atoms with Crippen LogP contribution in [0.15, 0.2) is 55.1 Å². The largest absolute Gasteiger partial charge is 0.289 e. The summed E-state index contributed by atoms with van der Waals surface area (Å²) in [6, 6.07) is 15.4. The summed E-state index contributed by atoms with van der Waals surface area (Å²) in [6.07, 6.45) is 1.76. The zero-order valence-corrected chi connectivity index (χ0v) is 12.8. The Morgan fingerprint density at radius 1 is 1.09 bits per heavy atom. The van der Waals surface area contributed by atoms with Crippen molar-refractivity contribution >= 4 is 17.0 Å². The van der Waals surface area contributed by atoms with E-state index in [0.717, 1.165) is 30.9 Å². The van der Waals surface area contributed by atoms with Gasteiger partial charge in [-0.25, -0.2) is 4.39 Å². The summed E-state index contributed by atoms with van der Waals surface area (Å²) in [6.45, 7) is 6.45. The Hall–Kier alpha value is -2.52. The topological polar surface area (TPSA) is 16.1 Å². The third kappa shape index (κ3) is 2.53. The Bertz CT molecular complexity index is 876. The average Bonchev–Trinajstić information content (AvgIpc) is 2.97. The third-order valence-electron chi connectivity index (χ3n) is 4.42. The monoisotopic (exact) mass is 304 g/mol. The summed E-state index contributed by atoms with van der Waals surface area (Å²) in [5.41, 5.74) is 5.30. The second kappa shape index (κ2) is 5.60. The second-order valence-corrected chi connectivity index (χ2v) is 5.95. The molecule has 0 amide bonds. The van der Waals surface area contributed by atoms with Crippen molar-refractivity contribution in [3.63, 3.8) is 0 Å². The molecule has 2 nitrogen and oxygen atoms in total. The van der Waals surface area contributed by atoms with Gasteiger partial charge in [-0.2, -0.15) is 0 Å². The minimum atomic E-state index is -0.238. The van der Waals surface area contributed by atoms with E-state index in [1.165, 1.54) is 17.2 Å². The van der Waals surface area contributed by atoms with Gasteiger partial charge in [-0.3, -0.25) is 9.88 Å². The van der Waals surface area contributed by atoms with Crippen LogP contribution in [0.4, 0.5) is 4.39 Å². The standard InChI is InChI=1S/C20H17FN2/c1-2-14-10-17-18(21)8-5-9-19(17)22-20(14)13-23-11-15-6-3-4-7-16(15)12-23/h2-10H,1,11-13H2. The molecule has 114 valence electrons. The molecule has 0 atom stereocenters. The minimum absolute atomic E-state index is 0.238. The Kier molecular flexibility index (Phi) is 3.43. The SMILES string of the molecule is C=Cc1cc2c(F)cccc2nc1CN1Cc2ccccc2C1. The lowest BCUT2D eigenvalue weighted by Crippen LogP contribution is -2.17. The van der Waals surface area contributed by atoms with E-state index in [0.29, 0.717) is 10.9 Å². The first-order chi connectivity index (χ1) is 11.2. The van der Waals surface area contributed by atoms with Gasteiger partial charge in [0.2, 0.25) is 0 Å². The lowest BCUT2D eigenvalue weighted by Gasteiger charge is -2.16. The van der Waals surface area contributed by atoms with Gasteiger partial charge in [0.1, 0.15) is 5.82 Å². The van der Waals surface area contributed by atoms with Crippen LogP contribution in [0.3, 0.4) is 0 Å². The molecule has 3 aromatic rings. The maximum atomic E-state index is 13.9. The zero-order valence-electron chi connectivity index (χ0n) is 12.8. The molecule has 1 aliphatic heterocycles. The van der Waals surface area contributed by atoms with Crippen molar-refractivity contribution in [3.05, 3.63) is 83.3 Å². The van der Waals surface area contributed by atoms with Gasteiger partial charge >= 0.3 is 0 Å². The highest BCUT2D eigenvalue weighted by Crippen LogP contribution is 2.26. The molecule has 0 bridgehead atoms. The number of fused-ring (bicyclic) bond motifs is 2. The van der Waals surface area contributed by atoms with Gasteiger partial charge in [-0.1, -0.05) is 43.0 Å². The summed E-state index contributed by atoms with van der Waals surface area (Å²) in [5.74, 6) is -0.238. The Morgan fingerprint density at radius 2 is 1.83 bits per heavy atom. The van der Waals surface area contributed by atoms with Crippen LogP contribution in [0, 0.1) is 5.82 Å². The number of hydrogen-bond donors (Lipinski definition) is 0. The van der Waals surface area contributed by atoms with Gasteiger partial charge in [0.15, 0.2) is 0 Å². The van der Waals surface area contributed by atoms with Crippen LogP contribution in [-0.2, 0) is 19.6 Å². The maximum Gasteiger partial charge on any atom is 0.132 e. The summed E-state index contributed by atoms with van der Waals surface area (Å²) in [7, 11) is 0. The van der Waals surface area contributed by atoms with E-state index in [1.54, 1.807) is 12.1 Å². The van der Waals surface area contributed by atoms with Gasteiger partial charge < -0.3 is 0 Å². The lowest BCUT2D eigenvalue weighted by atomic mass is 10.1. The van der Waals surface area contributed by atoms with E-state index in [-0.39, 0.29) is 5.82 Å². The molecule has 23 heavy (non-hydrogen) atoms. The van der Waals surface area contributed by atoms with Crippen molar-refractivity contribution in [1.29, 1.82) is 0 Å². The maximum absolute atomic E-state index is 13.9. The van der Waals surface area contributed by atoms with Crippen molar-refractivity contribution < 1.29 is 4.39 Å². The van der Waals surface area contributed by atoms with E-state index >= 15 is 0 Å². The Labute approximate surface area is 134 Å². The number of nitrogens with zero attached hydrogens (tertiary/aromatic N) is 2. The van der Waals surface area contributed by atoms with Crippen LogP contribution in [-0.4, -0.2) is 9.88 Å². The molecule has 0 aliphatic carbocycles. The van der Waals surface area contributed by atoms with Crippen LogP contribution in [0.1, 0.15) is 22.4 Å². The second-order valence-electron chi connectivity index (χ2n) is 5.95. The summed E-state index contributed by atoms with van der Waals surface area (Å²) in [4.78, 5) is 7.03. The van der Waals surface area contributed by atoms with Crippen molar-refractivity contribution in [2.75, 3.05) is 0 Å². The molecule has 0 radical (unpaired) electrons. The highest BCUT2D eigenvalue weighted by atomic mass is 19.1. The smallest absolute Gasteiger partial charge is 0.132 e. The van der Waals surface area contributed by atoms with Gasteiger partial charge in [-0.15, -0.1) is 0 Å². The highest BCUT2D eigenvalue weighted by Gasteiger charge is 2.20. The fourth-order valence-electron chi connectivity index (χ4n) is 3.25. The molecular formula is C20H17FN2. The molecule has 4 rings (SSSR count). The third-order valence-corrected chi connectivity index (χ3v) is 4.42. The van der Waals surface area contributed by atoms with E-state index in [2.05, 4.69) is 40.7 Å². The van der Waals surface area contributed by atoms with Crippen LogP contribution < -0.4 is 0 Å². The molecule has 0 spiro atoms. The molecule has 2 heterocycles. The van der Waals surface area contributed by atoms with E-state index in [9.17, 15) is 4.39 Å². The molecule has 1 aromatic heterocycles. The average molecular weight is 304 g/mol. The summed E-state index contributed by atoms with van der Waals surface area (Å²) >= 11 is 0. The first-order valence-corrected chi connectivity index (χ1v) is 7.74. The first-order valence-electron chi connectivity index (χ1n) is 7.74. The molecule has 0 fully saturated rings. The molecular weight excluding hydrogens is 287 g/mol. The molecule has 1 aliphatic rings. The van der Waals surface area contributed by atoms with Gasteiger partial charge in [0.25, 0.3) is 0 Å². The quantitative estimate of drug-likeness (QED) is 0.706. The summed E-state index contributed by atoms with van der Waals surface area (Å²) in [5, 5.41) is 0.552. The van der Waals surface area contributed by atoms with Crippen LogP contribution in [0.5, 0.6) is 0 Å². The molecule has 0 saturated heterocycles. The van der Waals surface area contributed by atoms with Crippen LogP contribution >= 0.6 is 0 Å². The Balaban J connectivity index is 1.68. The van der Waals surface area contributed by atoms with Crippen LogP contribution in [0.2, 0.25) is 0 Å². The fraction of sp³-hybridized carbons (Fsp3) is 0.150. The molecule has 3 heteroatoms. The fourth-order valence-corrected chi connectivity index (χ4v) is 3.25.